The normalized spacial score (nSPS) is 19.3. The average Bonchev–Trinajstić information content (AvgIpc) is 2.23. The number of aryl methyl sites for hydroxylation is 1. The lowest BCUT2D eigenvalue weighted by atomic mass is 10.0. The van der Waals surface area contributed by atoms with E-state index in [0.717, 1.165) is 0 Å². The fourth-order valence-electron chi connectivity index (χ4n) is 2.13. The molecule has 1 N–H and O–H groups in total. The van der Waals surface area contributed by atoms with Crippen molar-refractivity contribution in [2.45, 2.75) is 31.3 Å². The lowest BCUT2D eigenvalue weighted by molar-refractivity contribution is -0.0426. The van der Waals surface area contributed by atoms with Gasteiger partial charge in [0.05, 0.1) is 10.6 Å². The van der Waals surface area contributed by atoms with E-state index in [9.17, 15) is 13.5 Å². The molecule has 7 heteroatoms. The van der Waals surface area contributed by atoms with E-state index in [4.69, 9.17) is 23.2 Å². The minimum Gasteiger partial charge on any atom is -0.387 e. The van der Waals surface area contributed by atoms with Gasteiger partial charge in [-0.25, -0.2) is 8.42 Å². The average molecular weight is 324 g/mol. The molecule has 19 heavy (non-hydrogen) atoms. The number of nitrogens with zero attached hydrogens (tertiary/aromatic N) is 1. The Morgan fingerprint density at radius 3 is 2.32 bits per heavy atom. The Hall–Kier alpha value is -0.330. The Labute approximate surface area is 123 Å². The van der Waals surface area contributed by atoms with Crippen LogP contribution in [0.1, 0.15) is 18.1 Å². The molecular formula is C12H15Cl2NO3S. The fraction of sp³-hybridized carbons (Fsp3) is 0.500. The number of halogens is 2. The van der Waals surface area contributed by atoms with Crippen molar-refractivity contribution in [3.63, 3.8) is 0 Å². The quantitative estimate of drug-likeness (QED) is 0.909. The first-order chi connectivity index (χ1) is 8.56. The Morgan fingerprint density at radius 2 is 1.84 bits per heavy atom. The van der Waals surface area contributed by atoms with Crippen LogP contribution in [-0.2, 0) is 10.0 Å². The first-order valence-corrected chi connectivity index (χ1v) is 7.93. The van der Waals surface area contributed by atoms with Gasteiger partial charge in [0, 0.05) is 18.1 Å². The number of benzene rings is 1. The van der Waals surface area contributed by atoms with Crippen molar-refractivity contribution in [2.75, 3.05) is 13.1 Å². The summed E-state index contributed by atoms with van der Waals surface area (Å²) < 4.78 is 26.2. The van der Waals surface area contributed by atoms with E-state index in [0.29, 0.717) is 16.1 Å². The number of aliphatic hydroxyl groups is 1. The van der Waals surface area contributed by atoms with E-state index in [-0.39, 0.29) is 23.0 Å². The van der Waals surface area contributed by atoms with Crippen molar-refractivity contribution in [3.8, 4) is 0 Å². The van der Waals surface area contributed by atoms with Gasteiger partial charge in [-0.15, -0.1) is 0 Å². The fourth-order valence-corrected chi connectivity index (χ4v) is 4.97. The summed E-state index contributed by atoms with van der Waals surface area (Å²) in [5, 5.41) is 10.2. The molecule has 0 spiro atoms. The predicted molar refractivity (Wildman–Crippen MR) is 75.3 cm³/mol. The molecule has 106 valence electrons. The van der Waals surface area contributed by atoms with Gasteiger partial charge in [0.25, 0.3) is 0 Å². The molecule has 0 unspecified atom stereocenters. The predicted octanol–water partition coefficient (Wildman–Crippen LogP) is 2.37. The molecule has 0 saturated carbocycles. The van der Waals surface area contributed by atoms with E-state index in [2.05, 4.69) is 0 Å². The van der Waals surface area contributed by atoms with E-state index in [1.165, 1.54) is 4.31 Å². The number of hydrogen-bond acceptors (Lipinski definition) is 3. The molecule has 0 aliphatic carbocycles. The van der Waals surface area contributed by atoms with Crippen LogP contribution in [0.25, 0.3) is 0 Å². The van der Waals surface area contributed by atoms with Crippen LogP contribution in [0, 0.1) is 13.8 Å². The van der Waals surface area contributed by atoms with Crippen LogP contribution in [0.2, 0.25) is 10.0 Å². The van der Waals surface area contributed by atoms with Gasteiger partial charge < -0.3 is 5.11 Å². The van der Waals surface area contributed by atoms with Crippen molar-refractivity contribution in [3.05, 3.63) is 27.2 Å². The van der Waals surface area contributed by atoms with Crippen molar-refractivity contribution in [1.82, 2.24) is 4.31 Å². The summed E-state index contributed by atoms with van der Waals surface area (Å²) in [6, 6.07) is 1.64. The molecule has 1 saturated heterocycles. The molecule has 0 amide bonds. The summed E-state index contributed by atoms with van der Waals surface area (Å²) >= 11 is 12.2. The second-order valence-electron chi connectivity index (χ2n) is 5.21. The van der Waals surface area contributed by atoms with E-state index >= 15 is 0 Å². The van der Waals surface area contributed by atoms with Gasteiger partial charge in [0.1, 0.15) is 4.90 Å². The molecule has 1 aromatic carbocycles. The molecule has 1 aliphatic rings. The van der Waals surface area contributed by atoms with Crippen LogP contribution in [0.5, 0.6) is 0 Å². The Kier molecular flexibility index (Phi) is 3.65. The van der Waals surface area contributed by atoms with E-state index in [1.807, 2.05) is 0 Å². The van der Waals surface area contributed by atoms with Crippen LogP contribution >= 0.6 is 23.2 Å². The van der Waals surface area contributed by atoms with Crippen LogP contribution < -0.4 is 0 Å². The molecule has 1 fully saturated rings. The lowest BCUT2D eigenvalue weighted by Crippen LogP contribution is -2.61. The highest BCUT2D eigenvalue weighted by atomic mass is 35.5. The Balaban J connectivity index is 2.54. The summed E-state index contributed by atoms with van der Waals surface area (Å²) in [7, 11) is -3.72. The molecular weight excluding hydrogens is 309 g/mol. The lowest BCUT2D eigenvalue weighted by Gasteiger charge is -2.43. The van der Waals surface area contributed by atoms with Crippen molar-refractivity contribution >= 4 is 33.2 Å². The number of sulfonamides is 1. The summed E-state index contributed by atoms with van der Waals surface area (Å²) in [6.07, 6.45) is 0. The maximum Gasteiger partial charge on any atom is 0.245 e. The zero-order valence-corrected chi connectivity index (χ0v) is 13.2. The third-order valence-corrected chi connectivity index (χ3v) is 6.18. The highest BCUT2D eigenvalue weighted by molar-refractivity contribution is 7.89. The van der Waals surface area contributed by atoms with Crippen LogP contribution in [0.4, 0.5) is 0 Å². The second kappa shape index (κ2) is 4.60. The van der Waals surface area contributed by atoms with E-state index < -0.39 is 15.6 Å². The van der Waals surface area contributed by atoms with Crippen LogP contribution in [0.15, 0.2) is 11.0 Å². The minimum atomic E-state index is -3.72. The summed E-state index contributed by atoms with van der Waals surface area (Å²) in [5.41, 5.74) is 0.0769. The number of rotatable bonds is 2. The molecule has 1 aromatic rings. The first-order valence-electron chi connectivity index (χ1n) is 5.74. The standard InChI is InChI=1S/C12H15Cl2NO3S/c1-7-4-9(13)8(2)11(10(7)14)19(17,18)15-5-12(3,16)6-15/h4,16H,5-6H2,1-3H3. The largest absolute Gasteiger partial charge is 0.387 e. The highest BCUT2D eigenvalue weighted by Crippen LogP contribution is 2.37. The van der Waals surface area contributed by atoms with Gasteiger partial charge in [-0.2, -0.15) is 4.31 Å². The topological polar surface area (TPSA) is 57.6 Å². The second-order valence-corrected chi connectivity index (χ2v) is 7.87. The molecule has 0 aromatic heterocycles. The van der Waals surface area contributed by atoms with Crippen LogP contribution in [0.3, 0.4) is 0 Å². The van der Waals surface area contributed by atoms with Crippen molar-refractivity contribution < 1.29 is 13.5 Å². The first kappa shape index (κ1) is 15.1. The molecule has 2 rings (SSSR count). The molecule has 0 radical (unpaired) electrons. The summed E-state index contributed by atoms with van der Waals surface area (Å²) in [4.78, 5) is 0.0367. The summed E-state index contributed by atoms with van der Waals surface area (Å²) in [5.74, 6) is 0. The maximum atomic E-state index is 12.5. The minimum absolute atomic E-state index is 0.0367. The van der Waals surface area contributed by atoms with Crippen molar-refractivity contribution in [1.29, 1.82) is 0 Å². The van der Waals surface area contributed by atoms with Gasteiger partial charge >= 0.3 is 0 Å². The highest BCUT2D eigenvalue weighted by Gasteiger charge is 2.45. The number of hydrogen-bond donors (Lipinski definition) is 1. The molecule has 1 aliphatic heterocycles. The molecule has 4 nitrogen and oxygen atoms in total. The monoisotopic (exact) mass is 323 g/mol. The molecule has 1 heterocycles. The van der Waals surface area contributed by atoms with Gasteiger partial charge in [-0.1, -0.05) is 23.2 Å². The maximum absolute atomic E-state index is 12.5. The van der Waals surface area contributed by atoms with Gasteiger partial charge in [-0.05, 0) is 38.0 Å². The smallest absolute Gasteiger partial charge is 0.245 e. The van der Waals surface area contributed by atoms with Crippen molar-refractivity contribution in [2.24, 2.45) is 0 Å². The van der Waals surface area contributed by atoms with Crippen LogP contribution in [-0.4, -0.2) is 36.5 Å². The molecule has 0 atom stereocenters. The Morgan fingerprint density at radius 1 is 1.32 bits per heavy atom. The zero-order valence-electron chi connectivity index (χ0n) is 10.9. The summed E-state index contributed by atoms with van der Waals surface area (Å²) in [6.45, 7) is 5.06. The Bertz CT molecular complexity index is 607. The van der Waals surface area contributed by atoms with Gasteiger partial charge in [0.2, 0.25) is 10.0 Å². The third-order valence-electron chi connectivity index (χ3n) is 3.22. The SMILES string of the molecule is Cc1cc(Cl)c(C)c(S(=O)(=O)N2CC(C)(O)C2)c1Cl. The van der Waals surface area contributed by atoms with Gasteiger partial charge in [0.15, 0.2) is 0 Å². The number of β-amino-alcohol motifs (C(OH)–C–C–N with tert-alkyl or cyclic N) is 1. The van der Waals surface area contributed by atoms with Gasteiger partial charge in [-0.3, -0.25) is 0 Å². The van der Waals surface area contributed by atoms with E-state index in [1.54, 1.807) is 26.8 Å². The molecule has 0 bridgehead atoms. The zero-order chi connectivity index (χ0) is 14.6. The third kappa shape index (κ3) is 2.50.